The van der Waals surface area contributed by atoms with Gasteiger partial charge in [-0.15, -0.1) is 0 Å². The molecule has 0 atom stereocenters. The minimum Gasteiger partial charge on any atom is -0.469 e. The van der Waals surface area contributed by atoms with Crippen LogP contribution in [0.4, 0.5) is 0 Å². The average Bonchev–Trinajstić information content (AvgIpc) is 2.72. The van der Waals surface area contributed by atoms with Crippen LogP contribution in [0.5, 0.6) is 0 Å². The Kier molecular flexibility index (Phi) is 5.60. The van der Waals surface area contributed by atoms with Gasteiger partial charge in [-0.1, -0.05) is 6.92 Å². The van der Waals surface area contributed by atoms with Gasteiger partial charge in [0.05, 0.1) is 20.6 Å². The lowest BCUT2D eigenvalue weighted by atomic mass is 10.1. The molecule has 5 heteroatoms. The van der Waals surface area contributed by atoms with E-state index >= 15 is 0 Å². The van der Waals surface area contributed by atoms with Gasteiger partial charge in [-0.05, 0) is 13.3 Å². The zero-order valence-electron chi connectivity index (χ0n) is 11.9. The first kappa shape index (κ1) is 15.3. The number of carbonyl (C=O) groups is 2. The first-order chi connectivity index (χ1) is 9.04. The summed E-state index contributed by atoms with van der Waals surface area (Å²) in [5, 5.41) is 0. The van der Waals surface area contributed by atoms with Crippen LogP contribution >= 0.6 is 0 Å². The van der Waals surface area contributed by atoms with Crippen LogP contribution in [-0.2, 0) is 27.1 Å². The van der Waals surface area contributed by atoms with E-state index in [9.17, 15) is 9.59 Å². The molecule has 0 fully saturated rings. The fourth-order valence-corrected chi connectivity index (χ4v) is 1.95. The van der Waals surface area contributed by atoms with E-state index < -0.39 is 5.97 Å². The summed E-state index contributed by atoms with van der Waals surface area (Å²) in [6, 6.07) is 0. The van der Waals surface area contributed by atoms with Crippen molar-refractivity contribution in [3.05, 3.63) is 22.6 Å². The van der Waals surface area contributed by atoms with Crippen molar-refractivity contribution in [2.45, 2.75) is 39.5 Å². The highest BCUT2D eigenvalue weighted by molar-refractivity contribution is 5.92. The van der Waals surface area contributed by atoms with Crippen LogP contribution in [0.2, 0.25) is 0 Å². The first-order valence-electron chi connectivity index (χ1n) is 6.31. The van der Waals surface area contributed by atoms with Crippen molar-refractivity contribution in [3.63, 3.8) is 0 Å². The van der Waals surface area contributed by atoms with Gasteiger partial charge >= 0.3 is 11.9 Å². The molecule has 19 heavy (non-hydrogen) atoms. The van der Waals surface area contributed by atoms with Crippen LogP contribution in [0.3, 0.4) is 0 Å². The van der Waals surface area contributed by atoms with Gasteiger partial charge in [0.2, 0.25) is 0 Å². The Bertz CT molecular complexity index is 459. The maximum Gasteiger partial charge on any atom is 0.341 e. The molecule has 1 heterocycles. The Morgan fingerprint density at radius 1 is 1.11 bits per heavy atom. The number of hydrogen-bond acceptors (Lipinski definition) is 5. The summed E-state index contributed by atoms with van der Waals surface area (Å²) in [4.78, 5) is 23.0. The molecule has 0 aliphatic carbocycles. The lowest BCUT2D eigenvalue weighted by Gasteiger charge is -2.01. The first-order valence-corrected chi connectivity index (χ1v) is 6.31. The summed E-state index contributed by atoms with van der Waals surface area (Å²) in [7, 11) is 2.66. The van der Waals surface area contributed by atoms with Gasteiger partial charge in [-0.25, -0.2) is 4.79 Å². The molecule has 0 aliphatic rings. The fourth-order valence-electron chi connectivity index (χ4n) is 1.95. The molecule has 1 aromatic rings. The van der Waals surface area contributed by atoms with Gasteiger partial charge < -0.3 is 13.9 Å². The van der Waals surface area contributed by atoms with Gasteiger partial charge in [-0.2, -0.15) is 0 Å². The second-order valence-corrected chi connectivity index (χ2v) is 4.27. The quantitative estimate of drug-likeness (QED) is 0.741. The van der Waals surface area contributed by atoms with Crippen LogP contribution in [0, 0.1) is 6.92 Å². The van der Waals surface area contributed by atoms with Gasteiger partial charge in [-0.3, -0.25) is 4.79 Å². The Labute approximate surface area is 112 Å². The van der Waals surface area contributed by atoms with Gasteiger partial charge in [0.25, 0.3) is 0 Å². The average molecular weight is 268 g/mol. The molecule has 5 nitrogen and oxygen atoms in total. The van der Waals surface area contributed by atoms with E-state index in [1.54, 1.807) is 0 Å². The zero-order chi connectivity index (χ0) is 14.4. The molecule has 0 aliphatic heterocycles. The summed E-state index contributed by atoms with van der Waals surface area (Å²) in [6.07, 6.45) is 2.19. The maximum absolute atomic E-state index is 11.8. The normalized spacial score (nSPS) is 10.3. The zero-order valence-corrected chi connectivity index (χ0v) is 11.9. The maximum atomic E-state index is 11.8. The van der Waals surface area contributed by atoms with Crippen molar-refractivity contribution in [2.24, 2.45) is 0 Å². The van der Waals surface area contributed by atoms with Gasteiger partial charge in [0.15, 0.2) is 0 Å². The third-order valence-electron chi connectivity index (χ3n) is 2.97. The monoisotopic (exact) mass is 268 g/mol. The van der Waals surface area contributed by atoms with E-state index in [0.717, 1.165) is 24.2 Å². The number of furan rings is 1. The Morgan fingerprint density at radius 2 is 1.79 bits per heavy atom. The molecule has 1 aromatic heterocycles. The van der Waals surface area contributed by atoms with Crippen molar-refractivity contribution >= 4 is 11.9 Å². The lowest BCUT2D eigenvalue weighted by molar-refractivity contribution is -0.140. The summed E-state index contributed by atoms with van der Waals surface area (Å²) in [5.74, 6) is 0.520. The van der Waals surface area contributed by atoms with Crippen molar-refractivity contribution < 1.29 is 23.5 Å². The third-order valence-corrected chi connectivity index (χ3v) is 2.97. The molecule has 106 valence electrons. The number of ether oxygens (including phenoxy) is 2. The highest BCUT2D eigenvalue weighted by atomic mass is 16.5. The van der Waals surface area contributed by atoms with Crippen molar-refractivity contribution in [1.29, 1.82) is 0 Å². The predicted molar refractivity (Wildman–Crippen MR) is 69.1 cm³/mol. The summed E-state index contributed by atoms with van der Waals surface area (Å²) >= 11 is 0. The highest BCUT2D eigenvalue weighted by Gasteiger charge is 2.23. The molecule has 1 rings (SSSR count). The van der Waals surface area contributed by atoms with E-state index in [-0.39, 0.29) is 12.4 Å². The van der Waals surface area contributed by atoms with Crippen molar-refractivity contribution in [3.8, 4) is 0 Å². The predicted octanol–water partition coefficient (Wildman–Crippen LogP) is 2.43. The fraction of sp³-hybridized carbons (Fsp3) is 0.571. The smallest absolute Gasteiger partial charge is 0.341 e. The molecule has 0 N–H and O–H groups in total. The number of hydrogen-bond donors (Lipinski definition) is 0. The second-order valence-electron chi connectivity index (χ2n) is 4.27. The Balaban J connectivity index is 3.03. The standard InChI is InChI=1S/C14H20O5/c1-5-6-10-9(2)13(14(16)18-4)11(19-10)7-8-12(15)17-3/h5-8H2,1-4H3. The van der Waals surface area contributed by atoms with E-state index in [1.165, 1.54) is 14.2 Å². The minimum absolute atomic E-state index is 0.180. The summed E-state index contributed by atoms with van der Waals surface area (Å²) < 4.78 is 15.0. The second kappa shape index (κ2) is 6.97. The number of carbonyl (C=O) groups excluding carboxylic acids is 2. The van der Waals surface area contributed by atoms with E-state index in [2.05, 4.69) is 4.74 Å². The number of aryl methyl sites for hydroxylation is 2. The largest absolute Gasteiger partial charge is 0.469 e. The van der Waals surface area contributed by atoms with Gasteiger partial charge in [0.1, 0.15) is 17.1 Å². The van der Waals surface area contributed by atoms with E-state index in [0.29, 0.717) is 17.7 Å². The van der Waals surface area contributed by atoms with Crippen LogP contribution in [-0.4, -0.2) is 26.2 Å². The Hall–Kier alpha value is -1.78. The molecular formula is C14H20O5. The van der Waals surface area contributed by atoms with E-state index in [1.807, 2.05) is 13.8 Å². The molecule has 0 spiro atoms. The topological polar surface area (TPSA) is 65.7 Å². The summed E-state index contributed by atoms with van der Waals surface area (Å²) in [6.45, 7) is 3.87. The lowest BCUT2D eigenvalue weighted by Crippen LogP contribution is -2.07. The molecule has 0 amide bonds. The molecule has 0 saturated heterocycles. The minimum atomic E-state index is -0.427. The molecule has 0 radical (unpaired) electrons. The van der Waals surface area contributed by atoms with Crippen LogP contribution in [0.1, 0.15) is 47.2 Å². The van der Waals surface area contributed by atoms with Crippen LogP contribution in [0.15, 0.2) is 4.42 Å². The molecule has 0 unspecified atom stereocenters. The third kappa shape index (κ3) is 3.59. The number of methoxy groups -OCH3 is 2. The number of rotatable bonds is 6. The van der Waals surface area contributed by atoms with E-state index in [4.69, 9.17) is 9.15 Å². The molecule has 0 aromatic carbocycles. The molecule has 0 bridgehead atoms. The van der Waals surface area contributed by atoms with Gasteiger partial charge in [0, 0.05) is 18.4 Å². The Morgan fingerprint density at radius 3 is 2.32 bits per heavy atom. The number of esters is 2. The summed E-state index contributed by atoms with van der Waals surface area (Å²) in [5.41, 5.74) is 1.24. The highest BCUT2D eigenvalue weighted by Crippen LogP contribution is 2.25. The van der Waals surface area contributed by atoms with Crippen LogP contribution < -0.4 is 0 Å². The van der Waals surface area contributed by atoms with Crippen molar-refractivity contribution in [1.82, 2.24) is 0 Å². The SMILES string of the molecule is CCCc1oc(CCC(=O)OC)c(C(=O)OC)c1C. The van der Waals surface area contributed by atoms with Crippen LogP contribution in [0.25, 0.3) is 0 Å². The van der Waals surface area contributed by atoms with Crippen molar-refractivity contribution in [2.75, 3.05) is 14.2 Å². The molecular weight excluding hydrogens is 248 g/mol. The molecule has 0 saturated carbocycles.